The summed E-state index contributed by atoms with van der Waals surface area (Å²) < 4.78 is 115. The van der Waals surface area contributed by atoms with E-state index in [1.54, 1.807) is 0 Å². The maximum atomic E-state index is 10.7. The summed E-state index contributed by atoms with van der Waals surface area (Å²) in [5, 5.41) is 0. The minimum atomic E-state index is -5.84. The molecule has 0 unspecified atom stereocenters. The fourth-order valence-corrected chi connectivity index (χ4v) is 0.642. The summed E-state index contributed by atoms with van der Waals surface area (Å²) in [4.78, 5) is 0. The Hall–Kier alpha value is 0.283. The van der Waals surface area contributed by atoms with Crippen molar-refractivity contribution in [3.63, 3.8) is 0 Å². The van der Waals surface area contributed by atoms with E-state index in [4.69, 9.17) is 25.9 Å². The third kappa shape index (κ3) is 19.4. The molecule has 0 aliphatic heterocycles. The van der Waals surface area contributed by atoms with Crippen molar-refractivity contribution < 1.29 is 78.5 Å². The van der Waals surface area contributed by atoms with Gasteiger partial charge in [-0.1, -0.05) is 0 Å². The van der Waals surface area contributed by atoms with Gasteiger partial charge < -0.3 is 0 Å². The molecule has 2 saturated carbocycles. The van der Waals surface area contributed by atoms with Crippen LogP contribution in [0.4, 0.5) is 26.3 Å². The molecule has 0 spiro atoms. The second-order valence-electron chi connectivity index (χ2n) is 3.77. The zero-order valence-electron chi connectivity index (χ0n) is 12.9. The Morgan fingerprint density at radius 1 is 0.481 bits per heavy atom. The van der Waals surface area contributed by atoms with Crippen LogP contribution < -0.4 is 0 Å². The quantitative estimate of drug-likeness (QED) is 0.288. The normalized spacial score (nSPS) is 17.2. The molecule has 0 saturated heterocycles. The monoisotopic (exact) mass is 520 g/mol. The van der Waals surface area contributed by atoms with Crippen molar-refractivity contribution in [2.45, 2.75) is 11.0 Å². The van der Waals surface area contributed by atoms with Gasteiger partial charge in [-0.3, -0.25) is 9.11 Å². The number of hydrogen-bond donors (Lipinski definition) is 2. The summed E-state index contributed by atoms with van der Waals surface area (Å²) in [5.74, 6) is 0. The molecule has 0 atom stereocenters. The molecule has 0 aromatic heterocycles. The van der Waals surface area contributed by atoms with Gasteiger partial charge in [0, 0.05) is 0 Å². The van der Waals surface area contributed by atoms with Crippen LogP contribution in [0.1, 0.15) is 0 Å². The van der Waals surface area contributed by atoms with Gasteiger partial charge in [-0.2, -0.15) is 43.2 Å². The van der Waals surface area contributed by atoms with E-state index in [-0.39, 0.29) is 26.2 Å². The van der Waals surface area contributed by atoms with Crippen LogP contribution in [0.3, 0.4) is 0 Å². The van der Waals surface area contributed by atoms with Crippen molar-refractivity contribution in [1.82, 2.24) is 0 Å². The number of alkyl halides is 6. The van der Waals surface area contributed by atoms with Crippen molar-refractivity contribution in [3.8, 4) is 0 Å². The number of rotatable bonds is 0. The summed E-state index contributed by atoms with van der Waals surface area (Å²) in [6.45, 7) is 0. The predicted octanol–water partition coefficient (Wildman–Crippen LogP) is 2.83. The van der Waals surface area contributed by atoms with Gasteiger partial charge in [0.25, 0.3) is 0 Å². The summed E-state index contributed by atoms with van der Waals surface area (Å²) in [5.41, 5.74) is -11.1. The van der Waals surface area contributed by atoms with Crippen LogP contribution in [0.15, 0.2) is 0 Å². The molecule has 2 aliphatic carbocycles. The molecule has 0 aromatic carbocycles. The molecule has 2 fully saturated rings. The SMILES string of the molecule is O=S(=O)(O)C(F)(F)F.O=S(=O)(O)C(F)(F)F.[CH]1[CH][CH][CH][CH]1.[CH]1[CH][CH][CH][CH]1.[Zr+2]. The zero-order chi connectivity index (χ0) is 21.1. The largest absolute Gasteiger partial charge is 2.00 e. The Morgan fingerprint density at radius 2 is 0.556 bits per heavy atom. The minimum Gasteiger partial charge on any atom is -0.279 e. The van der Waals surface area contributed by atoms with Crippen LogP contribution in [-0.4, -0.2) is 37.0 Å². The van der Waals surface area contributed by atoms with Gasteiger partial charge in [0.05, 0.1) is 0 Å². The molecule has 2 rings (SSSR count). The van der Waals surface area contributed by atoms with Crippen LogP contribution in [0.5, 0.6) is 0 Å². The number of halogens is 6. The third-order valence-corrected chi connectivity index (χ3v) is 2.87. The Balaban J connectivity index is -0.000000286. The van der Waals surface area contributed by atoms with E-state index in [1.165, 1.54) is 0 Å². The average molecular weight is 522 g/mol. The molecule has 0 heterocycles. The van der Waals surface area contributed by atoms with E-state index in [2.05, 4.69) is 0 Å². The predicted molar refractivity (Wildman–Crippen MR) is 78.2 cm³/mol. The smallest absolute Gasteiger partial charge is 0.279 e. The van der Waals surface area contributed by atoms with Crippen LogP contribution in [0.25, 0.3) is 0 Å². The van der Waals surface area contributed by atoms with Gasteiger partial charge in [0.1, 0.15) is 0 Å². The van der Waals surface area contributed by atoms with Gasteiger partial charge >= 0.3 is 57.5 Å². The molecular weight excluding hydrogens is 509 g/mol. The molecule has 2 N–H and O–H groups in total. The first kappa shape index (κ1) is 32.0. The minimum absolute atomic E-state index is 0. The topological polar surface area (TPSA) is 109 Å². The van der Waals surface area contributed by atoms with Gasteiger partial charge in [-0.05, 0) is 64.2 Å². The van der Waals surface area contributed by atoms with Gasteiger partial charge in [-0.25, -0.2) is 0 Å². The Morgan fingerprint density at radius 3 is 0.593 bits per heavy atom. The first-order valence-electron chi connectivity index (χ1n) is 5.91. The van der Waals surface area contributed by atoms with E-state index in [9.17, 15) is 26.3 Å². The van der Waals surface area contributed by atoms with Gasteiger partial charge in [0.15, 0.2) is 0 Å². The number of hydrogen-bond acceptors (Lipinski definition) is 4. The third-order valence-electron chi connectivity index (χ3n) is 1.70. The van der Waals surface area contributed by atoms with Crippen LogP contribution >= 0.6 is 0 Å². The molecule has 0 amide bonds. The molecule has 152 valence electrons. The molecular formula is C12H12F6O6S2Zr+2. The molecule has 0 aromatic rings. The molecule has 2 aliphatic rings. The van der Waals surface area contributed by atoms with Crippen LogP contribution in [0.2, 0.25) is 0 Å². The van der Waals surface area contributed by atoms with Crippen molar-refractivity contribution in [2.24, 2.45) is 0 Å². The Bertz CT molecular complexity index is 499. The van der Waals surface area contributed by atoms with Gasteiger partial charge in [-0.15, -0.1) is 0 Å². The maximum absolute atomic E-state index is 10.7. The first-order chi connectivity index (χ1) is 11.5. The Kier molecular flexibility index (Phi) is 16.9. The summed E-state index contributed by atoms with van der Waals surface area (Å²) in [6, 6.07) is 0. The fraction of sp³-hybridized carbons (Fsp3) is 0.167. The average Bonchev–Trinajstić information content (AvgIpc) is 3.15. The van der Waals surface area contributed by atoms with Crippen LogP contribution in [-0.2, 0) is 46.4 Å². The van der Waals surface area contributed by atoms with Crippen molar-refractivity contribution in [3.05, 3.63) is 64.2 Å². The van der Waals surface area contributed by atoms with E-state index in [0.29, 0.717) is 0 Å². The standard InChI is InChI=1S/2C5H5.2CHF3O3S.Zr/c2*1-2-4-5-3-1;2*2-1(3,4)8(5,6)7;/h2*1-5H;2*(H,5,6,7);/q;;;;+2. The molecule has 6 nitrogen and oxygen atoms in total. The van der Waals surface area contributed by atoms with E-state index in [1.807, 2.05) is 64.2 Å². The fourth-order valence-electron chi connectivity index (χ4n) is 0.642. The molecule has 10 radical (unpaired) electrons. The zero-order valence-corrected chi connectivity index (χ0v) is 17.0. The maximum Gasteiger partial charge on any atom is 2.00 e. The second-order valence-corrected chi connectivity index (χ2v) is 6.59. The summed E-state index contributed by atoms with van der Waals surface area (Å²) in [7, 11) is -11.7. The second kappa shape index (κ2) is 14.3. The van der Waals surface area contributed by atoms with E-state index < -0.39 is 31.3 Å². The molecule has 0 bridgehead atoms. The molecule has 15 heteroatoms. The van der Waals surface area contributed by atoms with Crippen LogP contribution in [0, 0.1) is 64.2 Å². The van der Waals surface area contributed by atoms with Crippen molar-refractivity contribution in [1.29, 1.82) is 0 Å². The van der Waals surface area contributed by atoms with Gasteiger partial charge in [0.2, 0.25) is 0 Å². The van der Waals surface area contributed by atoms with E-state index >= 15 is 0 Å². The summed E-state index contributed by atoms with van der Waals surface area (Å²) >= 11 is 0. The molecule has 27 heavy (non-hydrogen) atoms. The Labute approximate surface area is 173 Å². The van der Waals surface area contributed by atoms with Crippen molar-refractivity contribution >= 4 is 20.2 Å². The summed E-state index contributed by atoms with van der Waals surface area (Å²) in [6.07, 6.45) is 20.0. The van der Waals surface area contributed by atoms with Crippen molar-refractivity contribution in [2.75, 3.05) is 0 Å². The first-order valence-corrected chi connectivity index (χ1v) is 8.79. The van der Waals surface area contributed by atoms with E-state index in [0.717, 1.165) is 0 Å².